The summed E-state index contributed by atoms with van der Waals surface area (Å²) in [5, 5.41) is 0. The molecular weight excluding hydrogens is 382 g/mol. The van der Waals surface area contributed by atoms with Crippen LogP contribution in [0, 0.1) is 0 Å². The number of hydrazine groups is 1. The summed E-state index contributed by atoms with van der Waals surface area (Å²) in [6.07, 6.45) is 1.60. The van der Waals surface area contributed by atoms with Crippen molar-refractivity contribution in [3.8, 4) is 5.75 Å². The number of nitrogens with one attached hydrogen (secondary N) is 2. The molecule has 1 aliphatic rings. The van der Waals surface area contributed by atoms with Crippen LogP contribution < -0.4 is 15.6 Å². The Labute approximate surface area is 163 Å². The van der Waals surface area contributed by atoms with Gasteiger partial charge in [-0.25, -0.2) is 8.42 Å². The Morgan fingerprint density at radius 1 is 0.929 bits per heavy atom. The van der Waals surface area contributed by atoms with Crippen LogP contribution in [0.3, 0.4) is 0 Å². The smallest absolute Gasteiger partial charge is 0.269 e. The molecule has 0 radical (unpaired) electrons. The molecule has 2 amide bonds. The lowest BCUT2D eigenvalue weighted by atomic mass is 10.2. The van der Waals surface area contributed by atoms with Crippen molar-refractivity contribution < 1.29 is 22.7 Å². The van der Waals surface area contributed by atoms with Crippen LogP contribution in [0.25, 0.3) is 0 Å². The first-order chi connectivity index (χ1) is 13.4. The second kappa shape index (κ2) is 8.41. The molecule has 0 bridgehead atoms. The van der Waals surface area contributed by atoms with Crippen LogP contribution in [0.2, 0.25) is 0 Å². The maximum absolute atomic E-state index is 12.9. The molecule has 1 aliphatic heterocycles. The van der Waals surface area contributed by atoms with E-state index in [1.54, 1.807) is 30.3 Å². The monoisotopic (exact) mass is 403 g/mol. The van der Waals surface area contributed by atoms with Crippen LogP contribution in [-0.4, -0.2) is 44.7 Å². The summed E-state index contributed by atoms with van der Waals surface area (Å²) in [5.41, 5.74) is 5.08. The number of amides is 2. The van der Waals surface area contributed by atoms with Crippen LogP contribution in [0.1, 0.15) is 33.6 Å². The van der Waals surface area contributed by atoms with Gasteiger partial charge in [0.15, 0.2) is 0 Å². The fraction of sp³-hybridized carbons (Fsp3) is 0.263. The lowest BCUT2D eigenvalue weighted by Gasteiger charge is -2.18. The van der Waals surface area contributed by atoms with Gasteiger partial charge in [0.05, 0.1) is 7.11 Å². The number of rotatable bonds is 5. The van der Waals surface area contributed by atoms with Crippen LogP contribution in [0.15, 0.2) is 53.4 Å². The SMILES string of the molecule is COc1ccc(C(=O)NNC(=O)c2ccccc2)cc1S(=O)(=O)N1CCCC1. The van der Waals surface area contributed by atoms with Crippen LogP contribution in [0.5, 0.6) is 5.75 Å². The van der Waals surface area contributed by atoms with Crippen molar-refractivity contribution in [3.63, 3.8) is 0 Å². The zero-order chi connectivity index (χ0) is 20.1. The quantitative estimate of drug-likeness (QED) is 0.737. The topological polar surface area (TPSA) is 105 Å². The maximum Gasteiger partial charge on any atom is 0.269 e. The molecule has 3 rings (SSSR count). The highest BCUT2D eigenvalue weighted by Gasteiger charge is 2.30. The molecule has 0 aromatic heterocycles. The molecule has 2 N–H and O–H groups in total. The van der Waals surface area contributed by atoms with Gasteiger partial charge in [0.2, 0.25) is 10.0 Å². The van der Waals surface area contributed by atoms with Gasteiger partial charge in [-0.05, 0) is 43.2 Å². The van der Waals surface area contributed by atoms with Gasteiger partial charge in [0, 0.05) is 24.2 Å². The summed E-state index contributed by atoms with van der Waals surface area (Å²) < 4.78 is 32.3. The number of carbonyl (C=O) groups excluding carboxylic acids is 2. The number of hydrogen-bond acceptors (Lipinski definition) is 5. The first-order valence-corrected chi connectivity index (χ1v) is 10.2. The molecular formula is C19H21N3O5S. The van der Waals surface area contributed by atoms with E-state index in [1.165, 1.54) is 29.6 Å². The summed E-state index contributed by atoms with van der Waals surface area (Å²) in [7, 11) is -2.40. The average Bonchev–Trinajstić information content (AvgIpc) is 3.27. The molecule has 1 fully saturated rings. The summed E-state index contributed by atoms with van der Waals surface area (Å²) >= 11 is 0. The Kier molecular flexibility index (Phi) is 5.96. The largest absolute Gasteiger partial charge is 0.495 e. The lowest BCUT2D eigenvalue weighted by Crippen LogP contribution is -2.41. The number of nitrogens with zero attached hydrogens (tertiary/aromatic N) is 1. The van der Waals surface area contributed by atoms with Crippen LogP contribution >= 0.6 is 0 Å². The van der Waals surface area contributed by atoms with Gasteiger partial charge >= 0.3 is 0 Å². The molecule has 2 aromatic carbocycles. The highest BCUT2D eigenvalue weighted by atomic mass is 32.2. The fourth-order valence-electron chi connectivity index (χ4n) is 2.93. The summed E-state index contributed by atoms with van der Waals surface area (Å²) in [4.78, 5) is 24.4. The number of carbonyl (C=O) groups is 2. The van der Waals surface area contributed by atoms with E-state index in [9.17, 15) is 18.0 Å². The van der Waals surface area contributed by atoms with Crippen molar-refractivity contribution >= 4 is 21.8 Å². The molecule has 2 aromatic rings. The number of hydrogen-bond donors (Lipinski definition) is 2. The van der Waals surface area contributed by atoms with E-state index in [0.29, 0.717) is 18.7 Å². The van der Waals surface area contributed by atoms with Crippen LogP contribution in [-0.2, 0) is 10.0 Å². The number of benzene rings is 2. The Hall–Kier alpha value is -2.91. The molecule has 0 aliphatic carbocycles. The van der Waals surface area contributed by atoms with E-state index in [4.69, 9.17) is 4.74 Å². The third kappa shape index (κ3) is 4.15. The van der Waals surface area contributed by atoms with Crippen molar-refractivity contribution in [1.29, 1.82) is 0 Å². The second-order valence-electron chi connectivity index (χ2n) is 6.25. The zero-order valence-corrected chi connectivity index (χ0v) is 16.2. The molecule has 148 valence electrons. The first-order valence-electron chi connectivity index (χ1n) is 8.77. The molecule has 28 heavy (non-hydrogen) atoms. The molecule has 1 heterocycles. The van der Waals surface area contributed by atoms with Gasteiger partial charge in [-0.1, -0.05) is 18.2 Å². The minimum atomic E-state index is -3.77. The number of ether oxygens (including phenoxy) is 1. The highest BCUT2D eigenvalue weighted by Crippen LogP contribution is 2.29. The number of sulfonamides is 1. The third-order valence-electron chi connectivity index (χ3n) is 4.43. The van der Waals surface area contributed by atoms with E-state index < -0.39 is 21.8 Å². The van der Waals surface area contributed by atoms with Gasteiger partial charge in [-0.15, -0.1) is 0 Å². The lowest BCUT2D eigenvalue weighted by molar-refractivity contribution is 0.0846. The van der Waals surface area contributed by atoms with Crippen molar-refractivity contribution in [1.82, 2.24) is 15.2 Å². The summed E-state index contributed by atoms with van der Waals surface area (Å²) in [6.45, 7) is 0.879. The predicted octanol–water partition coefficient (Wildman–Crippen LogP) is 1.55. The third-order valence-corrected chi connectivity index (χ3v) is 6.35. The van der Waals surface area contributed by atoms with Crippen molar-refractivity contribution in [2.75, 3.05) is 20.2 Å². The Bertz CT molecular complexity index is 970. The minimum absolute atomic E-state index is 0.0704. The Morgan fingerprint density at radius 3 is 2.14 bits per heavy atom. The summed E-state index contributed by atoms with van der Waals surface area (Å²) in [5.74, 6) is -0.950. The molecule has 9 heteroatoms. The van der Waals surface area contributed by atoms with Gasteiger partial charge in [0.1, 0.15) is 10.6 Å². The van der Waals surface area contributed by atoms with Gasteiger partial charge < -0.3 is 4.74 Å². The van der Waals surface area contributed by atoms with Gasteiger partial charge in [0.25, 0.3) is 11.8 Å². The average molecular weight is 403 g/mol. The molecule has 0 saturated carbocycles. The van der Waals surface area contributed by atoms with E-state index >= 15 is 0 Å². The van der Waals surface area contributed by atoms with E-state index in [1.807, 2.05) is 0 Å². The van der Waals surface area contributed by atoms with Crippen LogP contribution in [0.4, 0.5) is 0 Å². The maximum atomic E-state index is 12.9. The zero-order valence-electron chi connectivity index (χ0n) is 15.3. The molecule has 0 unspecified atom stereocenters. The second-order valence-corrected chi connectivity index (χ2v) is 8.16. The molecule has 0 spiro atoms. The van der Waals surface area contributed by atoms with Gasteiger partial charge in [-0.2, -0.15) is 4.31 Å². The molecule has 0 atom stereocenters. The van der Waals surface area contributed by atoms with Crippen molar-refractivity contribution in [2.24, 2.45) is 0 Å². The van der Waals surface area contributed by atoms with E-state index in [-0.39, 0.29) is 16.2 Å². The fourth-order valence-corrected chi connectivity index (χ4v) is 4.63. The predicted molar refractivity (Wildman–Crippen MR) is 102 cm³/mol. The highest BCUT2D eigenvalue weighted by molar-refractivity contribution is 7.89. The van der Waals surface area contributed by atoms with E-state index in [0.717, 1.165) is 12.8 Å². The first kappa shape index (κ1) is 19.8. The van der Waals surface area contributed by atoms with Gasteiger partial charge in [-0.3, -0.25) is 20.4 Å². The Morgan fingerprint density at radius 2 is 1.54 bits per heavy atom. The molecule has 1 saturated heterocycles. The standard InChI is InChI=1S/C19H21N3O5S/c1-27-16-10-9-15(13-17(16)28(25,26)22-11-5-6-12-22)19(24)21-20-18(23)14-7-3-2-4-8-14/h2-4,7-10,13H,5-6,11-12H2,1H3,(H,20,23)(H,21,24). The molecule has 8 nitrogen and oxygen atoms in total. The van der Waals surface area contributed by atoms with Crippen molar-refractivity contribution in [2.45, 2.75) is 17.7 Å². The Balaban J connectivity index is 1.78. The summed E-state index contributed by atoms with van der Waals surface area (Å²) in [6, 6.07) is 12.5. The normalized spacial score (nSPS) is 14.5. The van der Waals surface area contributed by atoms with E-state index in [2.05, 4.69) is 10.9 Å². The van der Waals surface area contributed by atoms with Crippen molar-refractivity contribution in [3.05, 3.63) is 59.7 Å². The minimum Gasteiger partial charge on any atom is -0.495 e. The number of methoxy groups -OCH3 is 1.